The van der Waals surface area contributed by atoms with Crippen molar-refractivity contribution in [3.8, 4) is 0 Å². The quantitative estimate of drug-likeness (QED) is 0.0988. The number of nitrogens with one attached hydrogen (secondary N) is 1. The predicted octanol–water partition coefficient (Wildman–Crippen LogP) is 5.82. The first-order chi connectivity index (χ1) is 15.5. The highest BCUT2D eigenvalue weighted by Crippen LogP contribution is 2.20. The molecule has 0 heterocycles. The summed E-state index contributed by atoms with van der Waals surface area (Å²) in [4.78, 5) is 39.8. The second-order valence-corrected chi connectivity index (χ2v) is 9.00. The Balaban J connectivity index is 3.96. The van der Waals surface area contributed by atoms with Gasteiger partial charge >= 0.3 is 5.97 Å². The fraction of sp³-hybridized carbons (Fsp3) is 0.808. The van der Waals surface area contributed by atoms with Gasteiger partial charge in [-0.1, -0.05) is 84.1 Å². The molecule has 32 heavy (non-hydrogen) atoms. The standard InChI is InChI=1S/C26H47NO5/c1-4-5-6-7-9-12-16-23(21-29)17-13-10-8-11-14-18-24(19-15-20-28)25(30)27-32-26(31)22(2)3/h21,23-24,28H,2,4-20H2,1,3H3,(H,27,30). The van der Waals surface area contributed by atoms with Crippen molar-refractivity contribution in [3.05, 3.63) is 12.2 Å². The van der Waals surface area contributed by atoms with E-state index in [1.807, 2.05) is 0 Å². The van der Waals surface area contributed by atoms with E-state index in [0.717, 1.165) is 57.7 Å². The summed E-state index contributed by atoms with van der Waals surface area (Å²) in [6, 6.07) is 0. The van der Waals surface area contributed by atoms with E-state index in [2.05, 4.69) is 19.0 Å². The van der Waals surface area contributed by atoms with Crippen molar-refractivity contribution < 1.29 is 24.3 Å². The number of carbonyl (C=O) groups is 3. The molecule has 0 saturated heterocycles. The number of hydroxylamine groups is 1. The molecule has 0 spiro atoms. The maximum Gasteiger partial charge on any atom is 0.358 e. The molecule has 2 unspecified atom stereocenters. The van der Waals surface area contributed by atoms with Gasteiger partial charge in [-0.2, -0.15) is 5.48 Å². The molecule has 186 valence electrons. The van der Waals surface area contributed by atoms with Crippen LogP contribution in [0.5, 0.6) is 0 Å². The van der Waals surface area contributed by atoms with Crippen LogP contribution < -0.4 is 5.48 Å². The SMILES string of the molecule is C=C(C)C(=O)ONC(=O)C(CCCO)CCCCCCCC(C=O)CCCCCCCC. The molecule has 0 aliphatic rings. The van der Waals surface area contributed by atoms with Gasteiger partial charge in [-0.3, -0.25) is 4.79 Å². The van der Waals surface area contributed by atoms with E-state index in [1.54, 1.807) is 0 Å². The minimum atomic E-state index is -0.649. The summed E-state index contributed by atoms with van der Waals surface area (Å²) < 4.78 is 0. The third-order valence-electron chi connectivity index (χ3n) is 5.92. The zero-order valence-electron chi connectivity index (χ0n) is 20.5. The first-order valence-electron chi connectivity index (χ1n) is 12.7. The van der Waals surface area contributed by atoms with E-state index in [1.165, 1.54) is 39.0 Å². The molecule has 0 bridgehead atoms. The van der Waals surface area contributed by atoms with Gasteiger partial charge in [0.15, 0.2) is 0 Å². The molecular formula is C26H47NO5. The van der Waals surface area contributed by atoms with Crippen LogP contribution in [0.4, 0.5) is 0 Å². The van der Waals surface area contributed by atoms with E-state index < -0.39 is 5.97 Å². The number of aliphatic hydroxyl groups excluding tert-OH is 1. The predicted molar refractivity (Wildman–Crippen MR) is 129 cm³/mol. The van der Waals surface area contributed by atoms with E-state index in [-0.39, 0.29) is 29.9 Å². The maximum absolute atomic E-state index is 12.3. The van der Waals surface area contributed by atoms with Gasteiger partial charge in [0.25, 0.3) is 5.91 Å². The summed E-state index contributed by atoms with van der Waals surface area (Å²) in [5.74, 6) is -1.05. The van der Waals surface area contributed by atoms with E-state index in [9.17, 15) is 14.4 Å². The largest absolute Gasteiger partial charge is 0.396 e. The second kappa shape index (κ2) is 21.2. The normalized spacial score (nSPS) is 12.7. The van der Waals surface area contributed by atoms with Crippen molar-refractivity contribution in [2.75, 3.05) is 6.61 Å². The Morgan fingerprint density at radius 3 is 1.88 bits per heavy atom. The summed E-state index contributed by atoms with van der Waals surface area (Å²) in [6.45, 7) is 7.25. The topological polar surface area (TPSA) is 92.7 Å². The Morgan fingerprint density at radius 2 is 1.38 bits per heavy atom. The molecule has 2 atom stereocenters. The molecule has 0 aliphatic carbocycles. The third kappa shape index (κ3) is 16.9. The monoisotopic (exact) mass is 453 g/mol. The highest BCUT2D eigenvalue weighted by molar-refractivity contribution is 5.88. The van der Waals surface area contributed by atoms with Crippen LogP contribution in [0.3, 0.4) is 0 Å². The van der Waals surface area contributed by atoms with E-state index in [4.69, 9.17) is 9.94 Å². The molecule has 0 aromatic heterocycles. The molecule has 0 radical (unpaired) electrons. The van der Waals surface area contributed by atoms with Crippen LogP contribution in [0.2, 0.25) is 0 Å². The van der Waals surface area contributed by atoms with Gasteiger partial charge in [-0.05, 0) is 39.0 Å². The molecule has 6 nitrogen and oxygen atoms in total. The van der Waals surface area contributed by atoms with Crippen molar-refractivity contribution in [2.45, 2.75) is 117 Å². The molecule has 1 amide bonds. The molecule has 6 heteroatoms. The van der Waals surface area contributed by atoms with Gasteiger partial charge in [0.05, 0.1) is 0 Å². The smallest absolute Gasteiger partial charge is 0.358 e. The maximum atomic E-state index is 12.3. The first-order valence-corrected chi connectivity index (χ1v) is 12.7. The van der Waals surface area contributed by atoms with Gasteiger partial charge in [0.1, 0.15) is 6.29 Å². The lowest BCUT2D eigenvalue weighted by Crippen LogP contribution is -2.33. The number of amides is 1. The molecule has 0 aromatic carbocycles. The van der Waals surface area contributed by atoms with Crippen LogP contribution in [-0.2, 0) is 19.2 Å². The summed E-state index contributed by atoms with van der Waals surface area (Å²) >= 11 is 0. The molecule has 2 N–H and O–H groups in total. The summed E-state index contributed by atoms with van der Waals surface area (Å²) in [5.41, 5.74) is 2.44. The fourth-order valence-electron chi connectivity index (χ4n) is 3.81. The van der Waals surface area contributed by atoms with Crippen molar-refractivity contribution in [2.24, 2.45) is 11.8 Å². The zero-order valence-corrected chi connectivity index (χ0v) is 20.5. The Hall–Kier alpha value is -1.69. The van der Waals surface area contributed by atoms with Crippen LogP contribution in [0.15, 0.2) is 12.2 Å². The first kappa shape index (κ1) is 30.3. The van der Waals surface area contributed by atoms with Crippen LogP contribution in [-0.4, -0.2) is 29.9 Å². The number of aldehydes is 1. The number of rotatable bonds is 21. The molecule has 0 saturated carbocycles. The summed E-state index contributed by atoms with van der Waals surface area (Å²) in [5, 5.41) is 9.07. The van der Waals surface area contributed by atoms with Gasteiger partial charge in [0, 0.05) is 24.0 Å². The Labute approximate surface area is 195 Å². The summed E-state index contributed by atoms with van der Waals surface area (Å²) in [7, 11) is 0. The van der Waals surface area contributed by atoms with Crippen LogP contribution in [0, 0.1) is 11.8 Å². The lowest BCUT2D eigenvalue weighted by atomic mass is 9.93. The fourth-order valence-corrected chi connectivity index (χ4v) is 3.81. The number of hydrogen-bond donors (Lipinski definition) is 2. The van der Waals surface area contributed by atoms with Gasteiger partial charge < -0.3 is 14.7 Å². The van der Waals surface area contributed by atoms with Crippen molar-refractivity contribution in [3.63, 3.8) is 0 Å². The number of unbranched alkanes of at least 4 members (excludes halogenated alkanes) is 9. The molecule has 0 aliphatic heterocycles. The van der Waals surface area contributed by atoms with Gasteiger partial charge in [-0.25, -0.2) is 4.79 Å². The average molecular weight is 454 g/mol. The van der Waals surface area contributed by atoms with Crippen molar-refractivity contribution >= 4 is 18.2 Å². The molecular weight excluding hydrogens is 406 g/mol. The van der Waals surface area contributed by atoms with Crippen LogP contribution in [0.1, 0.15) is 117 Å². The number of hydrogen-bond acceptors (Lipinski definition) is 5. The van der Waals surface area contributed by atoms with E-state index >= 15 is 0 Å². The molecule has 0 aromatic rings. The Bertz CT molecular complexity index is 520. The summed E-state index contributed by atoms with van der Waals surface area (Å²) in [6.07, 6.45) is 17.7. The molecule has 0 rings (SSSR count). The lowest BCUT2D eigenvalue weighted by Gasteiger charge is -2.16. The Morgan fingerprint density at radius 1 is 0.875 bits per heavy atom. The van der Waals surface area contributed by atoms with Gasteiger partial charge in [0.2, 0.25) is 0 Å². The second-order valence-electron chi connectivity index (χ2n) is 9.00. The third-order valence-corrected chi connectivity index (χ3v) is 5.92. The zero-order chi connectivity index (χ0) is 24.0. The highest BCUT2D eigenvalue weighted by Gasteiger charge is 2.19. The molecule has 0 fully saturated rings. The van der Waals surface area contributed by atoms with Crippen molar-refractivity contribution in [1.29, 1.82) is 0 Å². The van der Waals surface area contributed by atoms with Crippen LogP contribution in [0.25, 0.3) is 0 Å². The van der Waals surface area contributed by atoms with Gasteiger partial charge in [-0.15, -0.1) is 0 Å². The average Bonchev–Trinajstić information content (AvgIpc) is 2.79. The van der Waals surface area contributed by atoms with E-state index in [0.29, 0.717) is 19.3 Å². The number of aliphatic hydroxyl groups is 1. The number of carbonyl (C=O) groups excluding carboxylic acids is 3. The van der Waals surface area contributed by atoms with Crippen molar-refractivity contribution in [1.82, 2.24) is 5.48 Å². The Kier molecular flexibility index (Phi) is 20.1. The highest BCUT2D eigenvalue weighted by atomic mass is 16.7. The lowest BCUT2D eigenvalue weighted by molar-refractivity contribution is -0.156. The van der Waals surface area contributed by atoms with Crippen LogP contribution >= 0.6 is 0 Å². The minimum Gasteiger partial charge on any atom is -0.396 e. The minimum absolute atomic E-state index is 0.0337.